The zero-order chi connectivity index (χ0) is 12.3. The molecule has 0 saturated carbocycles. The lowest BCUT2D eigenvalue weighted by atomic mass is 10.1. The van der Waals surface area contributed by atoms with Crippen LogP contribution in [0.15, 0.2) is 28.8 Å². The van der Waals surface area contributed by atoms with Gasteiger partial charge in [0, 0.05) is 5.56 Å². The zero-order valence-electron chi connectivity index (χ0n) is 9.30. The highest BCUT2D eigenvalue weighted by Gasteiger charge is 2.18. The molecule has 0 atom stereocenters. The Bertz CT molecular complexity index is 569. The molecule has 1 heterocycles. The van der Waals surface area contributed by atoms with E-state index in [9.17, 15) is 0 Å². The Hall–Kier alpha value is -2.48. The molecule has 0 aliphatic heterocycles. The SMILES string of the molecule is CCOc1ccccc1-c1noc(N)c1C#N. The van der Waals surface area contributed by atoms with Crippen LogP contribution in [0.5, 0.6) is 5.75 Å². The Morgan fingerprint density at radius 1 is 1.47 bits per heavy atom. The van der Waals surface area contributed by atoms with Crippen molar-refractivity contribution in [3.8, 4) is 23.1 Å². The van der Waals surface area contributed by atoms with Gasteiger partial charge < -0.3 is 15.0 Å². The van der Waals surface area contributed by atoms with Crippen LogP contribution >= 0.6 is 0 Å². The summed E-state index contributed by atoms with van der Waals surface area (Å²) in [6.45, 7) is 2.42. The summed E-state index contributed by atoms with van der Waals surface area (Å²) in [6, 6.07) is 9.28. The van der Waals surface area contributed by atoms with Crippen molar-refractivity contribution in [2.75, 3.05) is 12.3 Å². The van der Waals surface area contributed by atoms with Gasteiger partial charge in [0.1, 0.15) is 23.1 Å². The first-order valence-electron chi connectivity index (χ1n) is 5.15. The molecule has 0 fully saturated rings. The highest BCUT2D eigenvalue weighted by molar-refractivity contribution is 5.75. The predicted molar refractivity (Wildman–Crippen MR) is 62.2 cm³/mol. The third kappa shape index (κ3) is 1.93. The van der Waals surface area contributed by atoms with E-state index < -0.39 is 0 Å². The monoisotopic (exact) mass is 229 g/mol. The van der Waals surface area contributed by atoms with Crippen molar-refractivity contribution in [1.29, 1.82) is 5.26 Å². The van der Waals surface area contributed by atoms with Crippen LogP contribution in [0.3, 0.4) is 0 Å². The number of nitriles is 1. The highest BCUT2D eigenvalue weighted by atomic mass is 16.5. The molecule has 0 aliphatic rings. The van der Waals surface area contributed by atoms with E-state index in [0.29, 0.717) is 23.6 Å². The van der Waals surface area contributed by atoms with Gasteiger partial charge in [-0.15, -0.1) is 0 Å². The van der Waals surface area contributed by atoms with E-state index in [4.69, 9.17) is 20.3 Å². The van der Waals surface area contributed by atoms with Crippen LogP contribution in [-0.4, -0.2) is 11.8 Å². The number of ether oxygens (including phenoxy) is 1. The number of hydrogen-bond acceptors (Lipinski definition) is 5. The minimum atomic E-state index is 0.0220. The van der Waals surface area contributed by atoms with E-state index >= 15 is 0 Å². The predicted octanol–water partition coefficient (Wildman–Crippen LogP) is 2.19. The largest absolute Gasteiger partial charge is 0.493 e. The zero-order valence-corrected chi connectivity index (χ0v) is 9.30. The molecular formula is C12H11N3O2. The molecule has 5 heteroatoms. The number of aromatic nitrogens is 1. The number of rotatable bonds is 3. The molecule has 0 aliphatic carbocycles. The lowest BCUT2D eigenvalue weighted by molar-refractivity contribution is 0.341. The molecule has 2 rings (SSSR count). The molecular weight excluding hydrogens is 218 g/mol. The summed E-state index contributed by atoms with van der Waals surface area (Å²) < 4.78 is 10.3. The van der Waals surface area contributed by atoms with Crippen LogP contribution < -0.4 is 10.5 Å². The van der Waals surface area contributed by atoms with Gasteiger partial charge in [0.15, 0.2) is 0 Å². The van der Waals surface area contributed by atoms with E-state index in [1.54, 1.807) is 0 Å². The number of nitrogens with two attached hydrogens (primary N) is 1. The minimum absolute atomic E-state index is 0.0220. The van der Waals surface area contributed by atoms with E-state index in [0.717, 1.165) is 0 Å². The topological polar surface area (TPSA) is 85.1 Å². The molecule has 0 bridgehead atoms. The number of para-hydroxylation sites is 1. The van der Waals surface area contributed by atoms with Gasteiger partial charge >= 0.3 is 0 Å². The highest BCUT2D eigenvalue weighted by Crippen LogP contribution is 2.33. The number of hydrogen-bond donors (Lipinski definition) is 1. The Kier molecular flexibility index (Phi) is 2.97. The summed E-state index contributed by atoms with van der Waals surface area (Å²) in [5.41, 5.74) is 6.87. The number of nitrogens with zero attached hydrogens (tertiary/aromatic N) is 2. The van der Waals surface area contributed by atoms with Crippen LogP contribution in [0.4, 0.5) is 5.88 Å². The minimum Gasteiger partial charge on any atom is -0.493 e. The van der Waals surface area contributed by atoms with Crippen LogP contribution in [0.1, 0.15) is 12.5 Å². The van der Waals surface area contributed by atoms with Gasteiger partial charge in [-0.1, -0.05) is 17.3 Å². The molecule has 2 N–H and O–H groups in total. The van der Waals surface area contributed by atoms with E-state index in [-0.39, 0.29) is 11.4 Å². The molecule has 17 heavy (non-hydrogen) atoms. The van der Waals surface area contributed by atoms with Gasteiger partial charge in [-0.3, -0.25) is 0 Å². The smallest absolute Gasteiger partial charge is 0.240 e. The van der Waals surface area contributed by atoms with Gasteiger partial charge in [-0.2, -0.15) is 5.26 Å². The van der Waals surface area contributed by atoms with E-state index in [1.165, 1.54) is 0 Å². The fourth-order valence-electron chi connectivity index (χ4n) is 1.54. The lowest BCUT2D eigenvalue weighted by Crippen LogP contribution is -1.95. The van der Waals surface area contributed by atoms with Crippen LogP contribution in [0, 0.1) is 11.3 Å². The summed E-state index contributed by atoms with van der Waals surface area (Å²) in [7, 11) is 0. The fourth-order valence-corrected chi connectivity index (χ4v) is 1.54. The third-order valence-corrected chi connectivity index (χ3v) is 2.27. The average Bonchev–Trinajstić information content (AvgIpc) is 2.71. The summed E-state index contributed by atoms with van der Waals surface area (Å²) in [6.07, 6.45) is 0. The number of benzene rings is 1. The maximum absolute atomic E-state index is 9.00. The Labute approximate surface area is 98.4 Å². The first-order chi connectivity index (χ1) is 8.27. The molecule has 0 amide bonds. The molecule has 1 aromatic heterocycles. The van der Waals surface area contributed by atoms with Crippen molar-refractivity contribution < 1.29 is 9.26 Å². The van der Waals surface area contributed by atoms with Gasteiger partial charge in [-0.25, -0.2) is 0 Å². The first kappa shape index (κ1) is 11.0. The molecule has 1 aromatic carbocycles. The molecule has 86 valence electrons. The number of nitrogen functional groups attached to an aromatic ring is 1. The molecule has 0 saturated heterocycles. The van der Waals surface area contributed by atoms with Crippen molar-refractivity contribution in [3.05, 3.63) is 29.8 Å². The Morgan fingerprint density at radius 3 is 2.94 bits per heavy atom. The van der Waals surface area contributed by atoms with Crippen LogP contribution in [0.25, 0.3) is 11.3 Å². The molecule has 5 nitrogen and oxygen atoms in total. The maximum atomic E-state index is 9.00. The third-order valence-electron chi connectivity index (χ3n) is 2.27. The lowest BCUT2D eigenvalue weighted by Gasteiger charge is -2.07. The molecule has 0 radical (unpaired) electrons. The summed E-state index contributed by atoms with van der Waals surface area (Å²) in [5, 5.41) is 12.8. The fraction of sp³-hybridized carbons (Fsp3) is 0.167. The number of anilines is 1. The Balaban J connectivity index is 2.57. The van der Waals surface area contributed by atoms with Gasteiger partial charge in [0.05, 0.1) is 6.61 Å². The normalized spacial score (nSPS) is 9.88. The van der Waals surface area contributed by atoms with Gasteiger partial charge in [0.25, 0.3) is 0 Å². The van der Waals surface area contributed by atoms with Crippen molar-refractivity contribution in [1.82, 2.24) is 5.16 Å². The quantitative estimate of drug-likeness (QED) is 0.871. The van der Waals surface area contributed by atoms with Crippen LogP contribution in [-0.2, 0) is 0 Å². The van der Waals surface area contributed by atoms with Gasteiger partial charge in [-0.05, 0) is 19.1 Å². The second-order valence-electron chi connectivity index (χ2n) is 3.31. The first-order valence-corrected chi connectivity index (χ1v) is 5.15. The second kappa shape index (κ2) is 4.58. The maximum Gasteiger partial charge on any atom is 0.240 e. The van der Waals surface area contributed by atoms with Crippen LogP contribution in [0.2, 0.25) is 0 Å². The Morgan fingerprint density at radius 2 is 2.24 bits per heavy atom. The standard InChI is InChI=1S/C12H11N3O2/c1-2-16-10-6-4-3-5-8(10)11-9(7-13)12(14)17-15-11/h3-6H,2,14H2,1H3. The molecule has 2 aromatic rings. The summed E-state index contributed by atoms with van der Waals surface area (Å²) in [4.78, 5) is 0. The summed E-state index contributed by atoms with van der Waals surface area (Å²) in [5.74, 6) is 0.675. The average molecular weight is 229 g/mol. The summed E-state index contributed by atoms with van der Waals surface area (Å²) >= 11 is 0. The second-order valence-corrected chi connectivity index (χ2v) is 3.31. The van der Waals surface area contributed by atoms with E-state index in [2.05, 4.69) is 5.16 Å². The van der Waals surface area contributed by atoms with Crippen molar-refractivity contribution in [2.45, 2.75) is 6.92 Å². The van der Waals surface area contributed by atoms with Crippen molar-refractivity contribution in [3.63, 3.8) is 0 Å². The van der Waals surface area contributed by atoms with E-state index in [1.807, 2.05) is 37.3 Å². The van der Waals surface area contributed by atoms with Crippen molar-refractivity contribution >= 4 is 5.88 Å². The molecule has 0 unspecified atom stereocenters. The molecule has 0 spiro atoms. The van der Waals surface area contributed by atoms with Gasteiger partial charge in [0.2, 0.25) is 5.88 Å². The van der Waals surface area contributed by atoms with Crippen molar-refractivity contribution in [2.24, 2.45) is 0 Å².